The average molecular weight is 269 g/mol. The lowest BCUT2D eigenvalue weighted by Gasteiger charge is -2.27. The van der Waals surface area contributed by atoms with Crippen molar-refractivity contribution in [1.29, 1.82) is 0 Å². The van der Waals surface area contributed by atoms with E-state index < -0.39 is 0 Å². The molecule has 0 spiro atoms. The number of carbonyl (C=O) groups excluding carboxylic acids is 1. The maximum absolute atomic E-state index is 11.4. The Morgan fingerprint density at radius 2 is 2.27 bits per heavy atom. The Kier molecular flexibility index (Phi) is 2.95. The van der Waals surface area contributed by atoms with E-state index in [-0.39, 0.29) is 12.1 Å². The van der Waals surface area contributed by atoms with Gasteiger partial charge < -0.3 is 10.6 Å². The molecular weight excluding hydrogens is 256 g/mol. The minimum Gasteiger partial charge on any atom is -0.331 e. The summed E-state index contributed by atoms with van der Waals surface area (Å²) >= 11 is 3.44. The number of urea groups is 1. The summed E-state index contributed by atoms with van der Waals surface area (Å²) in [5, 5.41) is 5.73. The van der Waals surface area contributed by atoms with E-state index in [2.05, 4.69) is 39.6 Å². The number of fused-ring (bicyclic) bond motifs is 1. The fourth-order valence-corrected chi connectivity index (χ4v) is 2.23. The van der Waals surface area contributed by atoms with E-state index in [4.69, 9.17) is 0 Å². The van der Waals surface area contributed by atoms with E-state index in [0.717, 1.165) is 28.6 Å². The van der Waals surface area contributed by atoms with E-state index in [1.807, 2.05) is 12.1 Å². The summed E-state index contributed by atoms with van der Waals surface area (Å²) in [5.41, 5.74) is 2.08. The SMILES string of the molecule is CCCC1NC(=O)Nc2ccc(Br)cc21. The normalized spacial score (nSPS) is 19.1. The largest absolute Gasteiger partial charge is 0.331 e. The van der Waals surface area contributed by atoms with Gasteiger partial charge in [0.2, 0.25) is 0 Å². The van der Waals surface area contributed by atoms with Crippen LogP contribution in [-0.4, -0.2) is 6.03 Å². The van der Waals surface area contributed by atoms with E-state index in [1.54, 1.807) is 0 Å². The van der Waals surface area contributed by atoms with Gasteiger partial charge in [-0.05, 0) is 30.2 Å². The molecule has 1 atom stereocenters. The van der Waals surface area contributed by atoms with Crippen molar-refractivity contribution in [1.82, 2.24) is 5.32 Å². The molecule has 2 amide bonds. The third kappa shape index (κ3) is 2.15. The first-order valence-electron chi connectivity index (χ1n) is 5.07. The van der Waals surface area contributed by atoms with Gasteiger partial charge in [0.05, 0.1) is 6.04 Å². The number of anilines is 1. The van der Waals surface area contributed by atoms with E-state index in [9.17, 15) is 4.79 Å². The first-order chi connectivity index (χ1) is 7.20. The highest BCUT2D eigenvalue weighted by Gasteiger charge is 2.23. The van der Waals surface area contributed by atoms with Crippen LogP contribution in [-0.2, 0) is 0 Å². The smallest absolute Gasteiger partial charge is 0.319 e. The highest BCUT2D eigenvalue weighted by molar-refractivity contribution is 9.10. The molecule has 0 radical (unpaired) electrons. The number of halogens is 1. The lowest BCUT2D eigenvalue weighted by Crippen LogP contribution is -2.37. The third-order valence-electron chi connectivity index (χ3n) is 2.52. The van der Waals surface area contributed by atoms with Crippen molar-refractivity contribution in [2.75, 3.05) is 5.32 Å². The predicted molar refractivity (Wildman–Crippen MR) is 63.9 cm³/mol. The van der Waals surface area contributed by atoms with Crippen LogP contribution in [0, 0.1) is 0 Å². The van der Waals surface area contributed by atoms with Crippen LogP contribution in [0.15, 0.2) is 22.7 Å². The molecule has 1 aliphatic rings. The molecule has 0 saturated heterocycles. The topological polar surface area (TPSA) is 41.1 Å². The molecule has 1 aromatic rings. The number of carbonyl (C=O) groups is 1. The number of hydrogen-bond acceptors (Lipinski definition) is 1. The van der Waals surface area contributed by atoms with Crippen molar-refractivity contribution in [3.05, 3.63) is 28.2 Å². The van der Waals surface area contributed by atoms with Crippen molar-refractivity contribution in [3.8, 4) is 0 Å². The minimum atomic E-state index is -0.108. The molecule has 1 unspecified atom stereocenters. The lowest BCUT2D eigenvalue weighted by atomic mass is 9.99. The molecule has 0 aromatic heterocycles. The Hall–Kier alpha value is -1.03. The molecule has 2 rings (SSSR count). The zero-order valence-corrected chi connectivity index (χ0v) is 10.1. The molecule has 15 heavy (non-hydrogen) atoms. The second kappa shape index (κ2) is 4.23. The van der Waals surface area contributed by atoms with Crippen LogP contribution in [0.4, 0.5) is 10.5 Å². The second-order valence-electron chi connectivity index (χ2n) is 3.67. The standard InChI is InChI=1S/C11H13BrN2O/c1-2-3-9-8-6-7(12)4-5-10(8)14-11(15)13-9/h4-6,9H,2-3H2,1H3,(H2,13,14,15). The monoisotopic (exact) mass is 268 g/mol. The summed E-state index contributed by atoms with van der Waals surface area (Å²) in [6.45, 7) is 2.12. The molecule has 0 saturated carbocycles. The quantitative estimate of drug-likeness (QED) is 0.848. The van der Waals surface area contributed by atoms with Gasteiger partial charge in [0.15, 0.2) is 0 Å². The predicted octanol–water partition coefficient (Wildman–Crippen LogP) is 3.43. The second-order valence-corrected chi connectivity index (χ2v) is 4.59. The summed E-state index contributed by atoms with van der Waals surface area (Å²) < 4.78 is 1.04. The summed E-state index contributed by atoms with van der Waals surface area (Å²) in [4.78, 5) is 11.4. The van der Waals surface area contributed by atoms with Crippen molar-refractivity contribution in [3.63, 3.8) is 0 Å². The zero-order valence-electron chi connectivity index (χ0n) is 8.51. The molecule has 0 aliphatic carbocycles. The van der Waals surface area contributed by atoms with Crippen LogP contribution >= 0.6 is 15.9 Å². The Bertz CT molecular complexity index is 392. The fourth-order valence-electron chi connectivity index (χ4n) is 1.85. The molecule has 1 aromatic carbocycles. The summed E-state index contributed by atoms with van der Waals surface area (Å²) in [7, 11) is 0. The molecule has 2 N–H and O–H groups in total. The molecule has 3 nitrogen and oxygen atoms in total. The van der Waals surface area contributed by atoms with Crippen LogP contribution in [0.3, 0.4) is 0 Å². The maximum atomic E-state index is 11.4. The van der Waals surface area contributed by atoms with Gasteiger partial charge in [-0.15, -0.1) is 0 Å². The van der Waals surface area contributed by atoms with Gasteiger partial charge in [-0.25, -0.2) is 4.79 Å². The van der Waals surface area contributed by atoms with Crippen LogP contribution < -0.4 is 10.6 Å². The third-order valence-corrected chi connectivity index (χ3v) is 3.01. The first-order valence-corrected chi connectivity index (χ1v) is 5.87. The van der Waals surface area contributed by atoms with Crippen LogP contribution in [0.1, 0.15) is 31.4 Å². The van der Waals surface area contributed by atoms with Crippen molar-refractivity contribution >= 4 is 27.6 Å². The minimum absolute atomic E-state index is 0.108. The molecule has 0 bridgehead atoms. The van der Waals surface area contributed by atoms with E-state index in [0.29, 0.717) is 0 Å². The molecule has 4 heteroatoms. The first kappa shape index (κ1) is 10.5. The Balaban J connectivity index is 2.38. The number of benzene rings is 1. The number of amides is 2. The summed E-state index contributed by atoms with van der Waals surface area (Å²) in [6.07, 6.45) is 2.02. The lowest BCUT2D eigenvalue weighted by molar-refractivity contribution is 0.246. The highest BCUT2D eigenvalue weighted by Crippen LogP contribution is 2.31. The van der Waals surface area contributed by atoms with Crippen LogP contribution in [0.25, 0.3) is 0 Å². The highest BCUT2D eigenvalue weighted by atomic mass is 79.9. The maximum Gasteiger partial charge on any atom is 0.319 e. The molecule has 1 heterocycles. The van der Waals surface area contributed by atoms with Crippen molar-refractivity contribution in [2.45, 2.75) is 25.8 Å². The Labute approximate surface area is 97.4 Å². The van der Waals surface area contributed by atoms with Gasteiger partial charge in [-0.1, -0.05) is 29.3 Å². The number of hydrogen-bond donors (Lipinski definition) is 2. The van der Waals surface area contributed by atoms with E-state index >= 15 is 0 Å². The van der Waals surface area contributed by atoms with Crippen molar-refractivity contribution < 1.29 is 4.79 Å². The number of nitrogens with one attached hydrogen (secondary N) is 2. The van der Waals surface area contributed by atoms with Crippen LogP contribution in [0.5, 0.6) is 0 Å². The summed E-state index contributed by atoms with van der Waals surface area (Å²) in [6, 6.07) is 5.95. The van der Waals surface area contributed by atoms with E-state index in [1.165, 1.54) is 0 Å². The van der Waals surface area contributed by atoms with Gasteiger partial charge in [0, 0.05) is 10.2 Å². The Morgan fingerprint density at radius 3 is 3.00 bits per heavy atom. The van der Waals surface area contributed by atoms with Gasteiger partial charge in [0.1, 0.15) is 0 Å². The van der Waals surface area contributed by atoms with Gasteiger partial charge in [-0.3, -0.25) is 0 Å². The van der Waals surface area contributed by atoms with Gasteiger partial charge >= 0.3 is 6.03 Å². The Morgan fingerprint density at radius 1 is 1.47 bits per heavy atom. The molecule has 0 fully saturated rings. The van der Waals surface area contributed by atoms with Crippen molar-refractivity contribution in [2.24, 2.45) is 0 Å². The summed E-state index contributed by atoms with van der Waals surface area (Å²) in [5.74, 6) is 0. The van der Waals surface area contributed by atoms with Crippen LogP contribution in [0.2, 0.25) is 0 Å². The zero-order chi connectivity index (χ0) is 10.8. The molecule has 1 aliphatic heterocycles. The molecular formula is C11H13BrN2O. The average Bonchev–Trinajstić information content (AvgIpc) is 2.19. The number of rotatable bonds is 2. The molecule has 80 valence electrons. The van der Waals surface area contributed by atoms with Gasteiger partial charge in [-0.2, -0.15) is 0 Å². The van der Waals surface area contributed by atoms with Gasteiger partial charge in [0.25, 0.3) is 0 Å². The fraction of sp³-hybridized carbons (Fsp3) is 0.364.